The van der Waals surface area contributed by atoms with Gasteiger partial charge in [-0.05, 0) is 43.4 Å². The van der Waals surface area contributed by atoms with Crippen molar-refractivity contribution in [3.05, 3.63) is 30.3 Å². The minimum Gasteiger partial charge on any atom is -0.371 e. The molecule has 0 aliphatic rings. The van der Waals surface area contributed by atoms with Crippen LogP contribution in [0.2, 0.25) is 0 Å². The van der Waals surface area contributed by atoms with E-state index in [0.717, 1.165) is 26.1 Å². The van der Waals surface area contributed by atoms with Crippen molar-refractivity contribution in [2.45, 2.75) is 40.0 Å². The second-order valence-corrected chi connectivity index (χ2v) is 6.13. The molecule has 102 valence electrons. The Bertz CT molecular complexity index is 314. The number of para-hydroxylation sites is 1. The summed E-state index contributed by atoms with van der Waals surface area (Å²) in [5, 5.41) is 0. The molecule has 0 aliphatic heterocycles. The first kappa shape index (κ1) is 15.0. The maximum atomic E-state index is 5.63. The SMILES string of the molecule is CC(C)(C)CCCN(CCCN)c1ccccc1. The summed E-state index contributed by atoms with van der Waals surface area (Å²) in [5.41, 5.74) is 7.37. The Morgan fingerprint density at radius 3 is 2.17 bits per heavy atom. The van der Waals surface area contributed by atoms with Crippen molar-refractivity contribution in [3.8, 4) is 0 Å². The van der Waals surface area contributed by atoms with E-state index in [1.54, 1.807) is 0 Å². The van der Waals surface area contributed by atoms with Crippen LogP contribution in [0.4, 0.5) is 5.69 Å². The van der Waals surface area contributed by atoms with Crippen LogP contribution in [0.5, 0.6) is 0 Å². The standard InChI is InChI=1S/C16H28N2/c1-16(2,3)11-7-13-18(14-8-12-17)15-9-5-4-6-10-15/h4-6,9-10H,7-8,11-14,17H2,1-3H3. The topological polar surface area (TPSA) is 29.3 Å². The lowest BCUT2D eigenvalue weighted by atomic mass is 9.90. The Labute approximate surface area is 112 Å². The summed E-state index contributed by atoms with van der Waals surface area (Å²) in [7, 11) is 0. The van der Waals surface area contributed by atoms with Gasteiger partial charge in [-0.2, -0.15) is 0 Å². The van der Waals surface area contributed by atoms with E-state index >= 15 is 0 Å². The Balaban J connectivity index is 2.51. The van der Waals surface area contributed by atoms with Gasteiger partial charge in [0.25, 0.3) is 0 Å². The van der Waals surface area contributed by atoms with E-state index in [9.17, 15) is 0 Å². The Hall–Kier alpha value is -1.02. The highest BCUT2D eigenvalue weighted by molar-refractivity contribution is 5.45. The number of hydrogen-bond donors (Lipinski definition) is 1. The third kappa shape index (κ3) is 6.06. The first-order valence-corrected chi connectivity index (χ1v) is 7.03. The molecule has 1 rings (SSSR count). The van der Waals surface area contributed by atoms with Crippen molar-refractivity contribution in [3.63, 3.8) is 0 Å². The summed E-state index contributed by atoms with van der Waals surface area (Å²) >= 11 is 0. The Morgan fingerprint density at radius 2 is 1.61 bits per heavy atom. The molecule has 1 aromatic carbocycles. The maximum absolute atomic E-state index is 5.63. The molecule has 0 spiro atoms. The van der Waals surface area contributed by atoms with Gasteiger partial charge in [-0.3, -0.25) is 0 Å². The highest BCUT2D eigenvalue weighted by Gasteiger charge is 2.11. The van der Waals surface area contributed by atoms with Crippen LogP contribution in [0.3, 0.4) is 0 Å². The normalized spacial score (nSPS) is 11.6. The molecular weight excluding hydrogens is 220 g/mol. The van der Waals surface area contributed by atoms with E-state index in [2.05, 4.69) is 56.0 Å². The summed E-state index contributed by atoms with van der Waals surface area (Å²) in [5.74, 6) is 0. The van der Waals surface area contributed by atoms with Crippen molar-refractivity contribution in [1.29, 1.82) is 0 Å². The van der Waals surface area contributed by atoms with E-state index in [4.69, 9.17) is 5.73 Å². The molecule has 0 amide bonds. The van der Waals surface area contributed by atoms with Gasteiger partial charge in [-0.1, -0.05) is 39.0 Å². The number of anilines is 1. The molecule has 2 heteroatoms. The Morgan fingerprint density at radius 1 is 1.00 bits per heavy atom. The molecule has 2 nitrogen and oxygen atoms in total. The van der Waals surface area contributed by atoms with Crippen LogP contribution in [0.25, 0.3) is 0 Å². The monoisotopic (exact) mass is 248 g/mol. The lowest BCUT2D eigenvalue weighted by Crippen LogP contribution is -2.27. The highest BCUT2D eigenvalue weighted by Crippen LogP contribution is 2.22. The van der Waals surface area contributed by atoms with Crippen LogP contribution in [-0.2, 0) is 0 Å². The van der Waals surface area contributed by atoms with Gasteiger partial charge >= 0.3 is 0 Å². The quantitative estimate of drug-likeness (QED) is 0.797. The number of rotatable bonds is 7. The molecule has 0 unspecified atom stereocenters. The van der Waals surface area contributed by atoms with Crippen molar-refractivity contribution < 1.29 is 0 Å². The van der Waals surface area contributed by atoms with Gasteiger partial charge in [0.05, 0.1) is 0 Å². The lowest BCUT2D eigenvalue weighted by molar-refractivity contribution is 0.366. The molecule has 2 N–H and O–H groups in total. The third-order valence-corrected chi connectivity index (χ3v) is 3.11. The average Bonchev–Trinajstić information content (AvgIpc) is 2.33. The zero-order valence-corrected chi connectivity index (χ0v) is 12.2. The van der Waals surface area contributed by atoms with Gasteiger partial charge in [0.15, 0.2) is 0 Å². The molecule has 18 heavy (non-hydrogen) atoms. The van der Waals surface area contributed by atoms with Crippen LogP contribution in [-0.4, -0.2) is 19.6 Å². The summed E-state index contributed by atoms with van der Waals surface area (Å²) in [6, 6.07) is 10.7. The summed E-state index contributed by atoms with van der Waals surface area (Å²) in [4.78, 5) is 2.46. The van der Waals surface area contributed by atoms with Gasteiger partial charge in [-0.25, -0.2) is 0 Å². The van der Waals surface area contributed by atoms with Gasteiger partial charge in [0.1, 0.15) is 0 Å². The fourth-order valence-corrected chi connectivity index (χ4v) is 2.09. The van der Waals surface area contributed by atoms with Crippen LogP contribution < -0.4 is 10.6 Å². The lowest BCUT2D eigenvalue weighted by Gasteiger charge is -2.26. The second-order valence-electron chi connectivity index (χ2n) is 6.13. The van der Waals surface area contributed by atoms with Crippen LogP contribution in [0, 0.1) is 5.41 Å². The Kier molecular flexibility index (Phi) is 6.20. The molecule has 0 fully saturated rings. The zero-order valence-electron chi connectivity index (χ0n) is 12.2. The van der Waals surface area contributed by atoms with Crippen LogP contribution in [0.15, 0.2) is 30.3 Å². The van der Waals surface area contributed by atoms with Crippen LogP contribution >= 0.6 is 0 Å². The number of benzene rings is 1. The molecule has 0 bridgehead atoms. The zero-order chi connectivity index (χ0) is 13.4. The minimum absolute atomic E-state index is 0.427. The maximum Gasteiger partial charge on any atom is 0.0366 e. The fourth-order valence-electron chi connectivity index (χ4n) is 2.09. The number of hydrogen-bond acceptors (Lipinski definition) is 2. The molecule has 0 radical (unpaired) electrons. The average molecular weight is 248 g/mol. The van der Waals surface area contributed by atoms with E-state index in [-0.39, 0.29) is 0 Å². The molecule has 0 saturated heterocycles. The first-order chi connectivity index (χ1) is 8.53. The van der Waals surface area contributed by atoms with Gasteiger partial charge < -0.3 is 10.6 Å². The van der Waals surface area contributed by atoms with E-state index in [0.29, 0.717) is 5.41 Å². The smallest absolute Gasteiger partial charge is 0.0366 e. The minimum atomic E-state index is 0.427. The van der Waals surface area contributed by atoms with E-state index in [1.807, 2.05) is 0 Å². The van der Waals surface area contributed by atoms with E-state index < -0.39 is 0 Å². The van der Waals surface area contributed by atoms with E-state index in [1.165, 1.54) is 18.5 Å². The molecule has 0 aliphatic carbocycles. The molecule has 0 aromatic heterocycles. The predicted molar refractivity (Wildman–Crippen MR) is 81.0 cm³/mol. The third-order valence-electron chi connectivity index (χ3n) is 3.11. The molecule has 0 saturated carbocycles. The van der Waals surface area contributed by atoms with Crippen molar-refractivity contribution in [2.75, 3.05) is 24.5 Å². The van der Waals surface area contributed by atoms with Gasteiger partial charge in [0, 0.05) is 18.8 Å². The highest BCUT2D eigenvalue weighted by atomic mass is 15.1. The van der Waals surface area contributed by atoms with Crippen molar-refractivity contribution in [1.82, 2.24) is 0 Å². The summed E-state index contributed by atoms with van der Waals surface area (Å²) < 4.78 is 0. The largest absolute Gasteiger partial charge is 0.371 e. The van der Waals surface area contributed by atoms with Gasteiger partial charge in [-0.15, -0.1) is 0 Å². The van der Waals surface area contributed by atoms with Gasteiger partial charge in [0.2, 0.25) is 0 Å². The molecule has 0 atom stereocenters. The first-order valence-electron chi connectivity index (χ1n) is 7.03. The van der Waals surface area contributed by atoms with Crippen LogP contribution in [0.1, 0.15) is 40.0 Å². The summed E-state index contributed by atoms with van der Waals surface area (Å²) in [6.45, 7) is 9.87. The second kappa shape index (κ2) is 7.42. The molecule has 0 heterocycles. The number of nitrogens with zero attached hydrogens (tertiary/aromatic N) is 1. The van der Waals surface area contributed by atoms with Crippen molar-refractivity contribution >= 4 is 5.69 Å². The van der Waals surface area contributed by atoms with Crippen molar-refractivity contribution in [2.24, 2.45) is 11.1 Å². The molecule has 1 aromatic rings. The molecular formula is C16H28N2. The number of nitrogens with two attached hydrogens (primary N) is 1. The summed E-state index contributed by atoms with van der Waals surface area (Å²) in [6.07, 6.45) is 3.56. The fraction of sp³-hybridized carbons (Fsp3) is 0.625. The predicted octanol–water partition coefficient (Wildman–Crippen LogP) is 3.67.